The van der Waals surface area contributed by atoms with Crippen molar-refractivity contribution in [1.82, 2.24) is 4.98 Å². The Hall–Kier alpha value is -1.10. The zero-order valence-electron chi connectivity index (χ0n) is 9.26. The van der Waals surface area contributed by atoms with Crippen LogP contribution >= 0.6 is 22.9 Å². The van der Waals surface area contributed by atoms with Gasteiger partial charge in [-0.05, 0) is 25.1 Å². The third-order valence-electron chi connectivity index (χ3n) is 2.26. The van der Waals surface area contributed by atoms with E-state index in [0.29, 0.717) is 22.9 Å². The van der Waals surface area contributed by atoms with E-state index in [9.17, 15) is 5.11 Å². The Balaban J connectivity index is 2.14. The Morgan fingerprint density at radius 1 is 1.53 bits per heavy atom. The van der Waals surface area contributed by atoms with Crippen LogP contribution in [-0.2, 0) is 6.61 Å². The van der Waals surface area contributed by atoms with E-state index in [1.807, 2.05) is 5.38 Å². The highest BCUT2D eigenvalue weighted by Gasteiger charge is 2.10. The predicted molar refractivity (Wildman–Crippen MR) is 68.5 cm³/mol. The molecule has 5 heteroatoms. The van der Waals surface area contributed by atoms with Crippen molar-refractivity contribution in [3.8, 4) is 5.75 Å². The molecule has 0 aliphatic heterocycles. The maximum atomic E-state index is 9.63. The Morgan fingerprint density at radius 2 is 2.35 bits per heavy atom. The van der Waals surface area contributed by atoms with Gasteiger partial charge in [-0.25, -0.2) is 4.98 Å². The molecule has 0 fully saturated rings. The molecule has 0 bridgehead atoms. The fraction of sp³-hybridized carbons (Fsp3) is 0.250. The highest BCUT2D eigenvalue weighted by molar-refractivity contribution is 7.09. The van der Waals surface area contributed by atoms with Gasteiger partial charge in [-0.2, -0.15) is 0 Å². The lowest BCUT2D eigenvalue weighted by Crippen LogP contribution is -2.00. The van der Waals surface area contributed by atoms with Crippen LogP contribution in [-0.4, -0.2) is 10.1 Å². The number of benzene rings is 1. The molecule has 0 saturated heterocycles. The van der Waals surface area contributed by atoms with E-state index < -0.39 is 6.10 Å². The number of aromatic nitrogens is 1. The quantitative estimate of drug-likeness (QED) is 0.925. The molecule has 0 aliphatic rings. The molecule has 0 radical (unpaired) electrons. The van der Waals surface area contributed by atoms with E-state index in [4.69, 9.17) is 16.3 Å². The molecule has 0 unspecified atom stereocenters. The van der Waals surface area contributed by atoms with E-state index in [2.05, 4.69) is 4.98 Å². The number of halogens is 1. The lowest BCUT2D eigenvalue weighted by Gasteiger charge is -2.12. The largest absolute Gasteiger partial charge is 0.486 e. The van der Waals surface area contributed by atoms with Gasteiger partial charge in [-0.3, -0.25) is 0 Å². The van der Waals surface area contributed by atoms with Crippen LogP contribution in [0.15, 0.2) is 29.8 Å². The van der Waals surface area contributed by atoms with E-state index in [1.54, 1.807) is 31.3 Å². The average molecular weight is 270 g/mol. The summed E-state index contributed by atoms with van der Waals surface area (Å²) in [6.07, 6.45) is 1.13. The van der Waals surface area contributed by atoms with Crippen LogP contribution in [0.5, 0.6) is 5.75 Å². The van der Waals surface area contributed by atoms with Gasteiger partial charge in [-0.15, -0.1) is 11.3 Å². The van der Waals surface area contributed by atoms with Gasteiger partial charge >= 0.3 is 0 Å². The Kier molecular flexibility index (Phi) is 3.99. The van der Waals surface area contributed by atoms with Crippen LogP contribution in [0, 0.1) is 0 Å². The van der Waals surface area contributed by atoms with Crippen molar-refractivity contribution in [2.75, 3.05) is 0 Å². The molecule has 2 aromatic rings. The number of rotatable bonds is 4. The summed E-state index contributed by atoms with van der Waals surface area (Å²) in [5.74, 6) is 0.639. The summed E-state index contributed by atoms with van der Waals surface area (Å²) in [5, 5.41) is 13.0. The summed E-state index contributed by atoms with van der Waals surface area (Å²) in [5.41, 5.74) is 0.689. The van der Waals surface area contributed by atoms with Gasteiger partial charge in [0.25, 0.3) is 0 Å². The SMILES string of the molecule is C[C@@H](O)c1cc(Cl)ccc1OCc1nccs1. The molecule has 1 aromatic carbocycles. The molecule has 2 rings (SSSR count). The highest BCUT2D eigenvalue weighted by Crippen LogP contribution is 2.28. The molecular formula is C12H12ClNO2S. The van der Waals surface area contributed by atoms with Crippen molar-refractivity contribution in [1.29, 1.82) is 0 Å². The smallest absolute Gasteiger partial charge is 0.140 e. The third-order valence-corrected chi connectivity index (χ3v) is 3.24. The summed E-state index contributed by atoms with van der Waals surface area (Å²) < 4.78 is 5.63. The summed E-state index contributed by atoms with van der Waals surface area (Å²) in [6, 6.07) is 5.21. The van der Waals surface area contributed by atoms with Crippen molar-refractivity contribution in [3.05, 3.63) is 45.4 Å². The zero-order chi connectivity index (χ0) is 12.3. The van der Waals surface area contributed by atoms with Crippen LogP contribution in [0.4, 0.5) is 0 Å². The van der Waals surface area contributed by atoms with Crippen LogP contribution in [0.2, 0.25) is 5.02 Å². The Morgan fingerprint density at radius 3 is 3.00 bits per heavy atom. The minimum Gasteiger partial charge on any atom is -0.486 e. The first-order valence-corrected chi connectivity index (χ1v) is 6.41. The van der Waals surface area contributed by atoms with E-state index >= 15 is 0 Å². The van der Waals surface area contributed by atoms with Crippen molar-refractivity contribution in [2.24, 2.45) is 0 Å². The number of aliphatic hydroxyl groups is 1. The molecule has 0 spiro atoms. The molecule has 1 atom stereocenters. The lowest BCUT2D eigenvalue weighted by molar-refractivity contribution is 0.190. The van der Waals surface area contributed by atoms with Crippen LogP contribution in [0.1, 0.15) is 23.6 Å². The summed E-state index contributed by atoms with van der Waals surface area (Å²) >= 11 is 7.42. The molecule has 90 valence electrons. The topological polar surface area (TPSA) is 42.4 Å². The predicted octanol–water partition coefficient (Wildman–Crippen LogP) is 3.43. The summed E-state index contributed by atoms with van der Waals surface area (Å²) in [7, 11) is 0. The zero-order valence-corrected chi connectivity index (χ0v) is 10.8. The second-order valence-corrected chi connectivity index (χ2v) is 4.99. The third kappa shape index (κ3) is 3.19. The van der Waals surface area contributed by atoms with Crippen molar-refractivity contribution < 1.29 is 9.84 Å². The number of thiazole rings is 1. The van der Waals surface area contributed by atoms with Crippen molar-refractivity contribution >= 4 is 22.9 Å². The first-order chi connectivity index (χ1) is 8.16. The number of hydrogen-bond acceptors (Lipinski definition) is 4. The van der Waals surface area contributed by atoms with Crippen molar-refractivity contribution in [2.45, 2.75) is 19.6 Å². The average Bonchev–Trinajstić information content (AvgIpc) is 2.80. The molecular weight excluding hydrogens is 258 g/mol. The van der Waals surface area contributed by atoms with Gasteiger partial charge in [0.15, 0.2) is 0 Å². The molecule has 0 saturated carbocycles. The molecule has 1 aromatic heterocycles. The maximum absolute atomic E-state index is 9.63. The molecule has 1 heterocycles. The van der Waals surface area contributed by atoms with E-state index in [1.165, 1.54) is 11.3 Å². The number of nitrogens with zero attached hydrogens (tertiary/aromatic N) is 1. The minimum atomic E-state index is -0.611. The summed E-state index contributed by atoms with van der Waals surface area (Å²) in [6.45, 7) is 2.08. The molecule has 1 N–H and O–H groups in total. The highest BCUT2D eigenvalue weighted by atomic mass is 35.5. The molecule has 0 aliphatic carbocycles. The molecule has 17 heavy (non-hydrogen) atoms. The van der Waals surface area contributed by atoms with Gasteiger partial charge < -0.3 is 9.84 Å². The van der Waals surface area contributed by atoms with Gasteiger partial charge in [0.05, 0.1) is 6.10 Å². The lowest BCUT2D eigenvalue weighted by atomic mass is 10.1. The normalized spacial score (nSPS) is 12.4. The fourth-order valence-corrected chi connectivity index (χ4v) is 2.15. The monoisotopic (exact) mass is 269 g/mol. The maximum Gasteiger partial charge on any atom is 0.140 e. The number of hydrogen-bond donors (Lipinski definition) is 1. The minimum absolute atomic E-state index is 0.402. The van der Waals surface area contributed by atoms with E-state index in [0.717, 1.165) is 5.01 Å². The first kappa shape index (κ1) is 12.4. The summed E-state index contributed by atoms with van der Waals surface area (Å²) in [4.78, 5) is 4.13. The Bertz CT molecular complexity index is 485. The first-order valence-electron chi connectivity index (χ1n) is 5.15. The fourth-order valence-electron chi connectivity index (χ4n) is 1.44. The van der Waals surface area contributed by atoms with Crippen molar-refractivity contribution in [3.63, 3.8) is 0 Å². The van der Waals surface area contributed by atoms with Gasteiger partial charge in [0.2, 0.25) is 0 Å². The number of aliphatic hydroxyl groups excluding tert-OH is 1. The van der Waals surface area contributed by atoms with Crippen LogP contribution in [0.25, 0.3) is 0 Å². The van der Waals surface area contributed by atoms with Gasteiger partial charge in [0, 0.05) is 22.2 Å². The van der Waals surface area contributed by atoms with Gasteiger partial charge in [-0.1, -0.05) is 11.6 Å². The van der Waals surface area contributed by atoms with Gasteiger partial charge in [0.1, 0.15) is 17.4 Å². The molecule has 3 nitrogen and oxygen atoms in total. The standard InChI is InChI=1S/C12H12ClNO2S/c1-8(15)10-6-9(13)2-3-11(10)16-7-12-14-4-5-17-12/h2-6,8,15H,7H2,1H3/t8-/m1/s1. The Labute approximate surface area is 109 Å². The second-order valence-electron chi connectivity index (χ2n) is 3.57. The van der Waals surface area contributed by atoms with Crippen LogP contribution < -0.4 is 4.74 Å². The van der Waals surface area contributed by atoms with E-state index in [-0.39, 0.29) is 0 Å². The second kappa shape index (κ2) is 5.49. The number of ether oxygens (including phenoxy) is 1. The van der Waals surface area contributed by atoms with Crippen LogP contribution in [0.3, 0.4) is 0 Å². The molecule has 0 amide bonds.